The largest absolute Gasteiger partial charge is 0.454 e. The third-order valence-electron chi connectivity index (χ3n) is 4.20. The van der Waals surface area contributed by atoms with E-state index in [0.29, 0.717) is 22.6 Å². The normalized spacial score (nSPS) is 21.1. The molecule has 2 aromatic rings. The molecule has 0 spiro atoms. The van der Waals surface area contributed by atoms with Crippen LogP contribution >= 0.6 is 0 Å². The Hall–Kier alpha value is -3.17. The fraction of sp³-hybridized carbons (Fsp3) is 0.278. The molecule has 140 valence electrons. The highest BCUT2D eigenvalue weighted by Crippen LogP contribution is 2.34. The molecule has 4 rings (SSSR count). The van der Waals surface area contributed by atoms with Crippen molar-refractivity contribution in [1.29, 1.82) is 0 Å². The monoisotopic (exact) mass is 372 g/mol. The molecule has 2 heterocycles. The Morgan fingerprint density at radius 3 is 2.81 bits per heavy atom. The summed E-state index contributed by atoms with van der Waals surface area (Å²) in [6.07, 6.45) is -1.24. The molecule has 0 aromatic heterocycles. The number of nitro benzene ring substituents is 1. The third-order valence-corrected chi connectivity index (χ3v) is 4.20. The summed E-state index contributed by atoms with van der Waals surface area (Å²) in [5.41, 5.74) is 0.761. The number of carbonyl (C=O) groups is 1. The van der Waals surface area contributed by atoms with Gasteiger partial charge in [-0.1, -0.05) is 12.1 Å². The third kappa shape index (κ3) is 3.42. The van der Waals surface area contributed by atoms with E-state index in [1.165, 1.54) is 17.2 Å². The first-order chi connectivity index (χ1) is 13.0. The number of carbonyl (C=O) groups excluding carboxylic acids is 1. The molecule has 0 radical (unpaired) electrons. The summed E-state index contributed by atoms with van der Waals surface area (Å²) in [4.78, 5) is 29.0. The van der Waals surface area contributed by atoms with Crippen LogP contribution in [-0.4, -0.2) is 35.3 Å². The SMILES string of the molecule is C[C@H]1CN(C(=O)c2ccc3c(c2)OCO3)O[C@H](c2cccc([N+](=O)[O-])c2)O1. The Kier molecular flexibility index (Phi) is 4.38. The van der Waals surface area contributed by atoms with Gasteiger partial charge >= 0.3 is 0 Å². The number of hydrogen-bond donors (Lipinski definition) is 0. The summed E-state index contributed by atoms with van der Waals surface area (Å²) < 4.78 is 16.3. The van der Waals surface area contributed by atoms with Gasteiger partial charge in [0.05, 0.1) is 17.6 Å². The molecule has 2 aliphatic rings. The molecule has 2 aliphatic heterocycles. The van der Waals surface area contributed by atoms with Gasteiger partial charge in [-0.2, -0.15) is 0 Å². The summed E-state index contributed by atoms with van der Waals surface area (Å²) in [6.45, 7) is 2.14. The molecule has 2 aromatic carbocycles. The Morgan fingerprint density at radius 1 is 1.19 bits per heavy atom. The number of non-ortho nitro benzene ring substituents is 1. The number of fused-ring (bicyclic) bond motifs is 1. The lowest BCUT2D eigenvalue weighted by Crippen LogP contribution is -2.44. The molecule has 0 N–H and O–H groups in total. The molecule has 1 saturated heterocycles. The first-order valence-corrected chi connectivity index (χ1v) is 8.29. The van der Waals surface area contributed by atoms with E-state index in [1.807, 2.05) is 0 Å². The zero-order chi connectivity index (χ0) is 19.0. The number of rotatable bonds is 3. The number of nitro groups is 1. The Bertz CT molecular complexity index is 901. The molecule has 27 heavy (non-hydrogen) atoms. The van der Waals surface area contributed by atoms with Crippen LogP contribution in [0.2, 0.25) is 0 Å². The van der Waals surface area contributed by atoms with Crippen molar-refractivity contribution in [2.45, 2.75) is 19.3 Å². The summed E-state index contributed by atoms with van der Waals surface area (Å²) in [5, 5.41) is 12.2. The minimum absolute atomic E-state index is 0.0772. The van der Waals surface area contributed by atoms with Crippen LogP contribution in [0.1, 0.15) is 29.1 Å². The van der Waals surface area contributed by atoms with Crippen LogP contribution in [0.25, 0.3) is 0 Å². The van der Waals surface area contributed by atoms with Crippen molar-refractivity contribution < 1.29 is 28.8 Å². The highest BCUT2D eigenvalue weighted by atomic mass is 16.8. The lowest BCUT2D eigenvalue weighted by atomic mass is 10.1. The van der Waals surface area contributed by atoms with Crippen LogP contribution in [0.5, 0.6) is 11.5 Å². The van der Waals surface area contributed by atoms with Crippen LogP contribution in [0, 0.1) is 10.1 Å². The van der Waals surface area contributed by atoms with Gasteiger partial charge in [0.1, 0.15) is 0 Å². The zero-order valence-electron chi connectivity index (χ0n) is 14.4. The van der Waals surface area contributed by atoms with E-state index in [4.69, 9.17) is 19.0 Å². The highest BCUT2D eigenvalue weighted by Gasteiger charge is 2.32. The summed E-state index contributed by atoms with van der Waals surface area (Å²) in [5.74, 6) is 0.716. The number of nitrogens with zero attached hydrogens (tertiary/aromatic N) is 2. The van der Waals surface area contributed by atoms with Gasteiger partial charge in [-0.25, -0.2) is 9.90 Å². The van der Waals surface area contributed by atoms with Crippen molar-refractivity contribution in [3.05, 3.63) is 63.7 Å². The maximum Gasteiger partial charge on any atom is 0.277 e. The Labute approximate surface area is 154 Å². The highest BCUT2D eigenvalue weighted by molar-refractivity contribution is 5.94. The molecule has 9 heteroatoms. The number of hydrogen-bond acceptors (Lipinski definition) is 7. The van der Waals surface area contributed by atoms with Gasteiger partial charge in [0, 0.05) is 23.3 Å². The minimum Gasteiger partial charge on any atom is -0.454 e. The van der Waals surface area contributed by atoms with E-state index in [9.17, 15) is 14.9 Å². The molecule has 1 fully saturated rings. The molecular formula is C18H16N2O7. The van der Waals surface area contributed by atoms with E-state index in [0.717, 1.165) is 0 Å². The summed E-state index contributed by atoms with van der Waals surface area (Å²) in [6, 6.07) is 10.8. The van der Waals surface area contributed by atoms with E-state index in [-0.39, 0.29) is 31.0 Å². The van der Waals surface area contributed by atoms with Crippen molar-refractivity contribution >= 4 is 11.6 Å². The van der Waals surface area contributed by atoms with E-state index in [1.54, 1.807) is 37.3 Å². The molecular weight excluding hydrogens is 356 g/mol. The molecule has 9 nitrogen and oxygen atoms in total. The average Bonchev–Trinajstić information content (AvgIpc) is 3.14. The maximum absolute atomic E-state index is 12.8. The second-order valence-corrected chi connectivity index (χ2v) is 6.17. The Morgan fingerprint density at radius 2 is 2.00 bits per heavy atom. The standard InChI is InChI=1S/C18H16N2O7/c1-11-9-19(17(21)12-5-6-15-16(8-12)25-10-24-15)27-18(26-11)13-3-2-4-14(7-13)20(22)23/h2-8,11,18H,9-10H2,1H3/t11-,18+/m0/s1. The number of hydroxylamine groups is 2. The topological polar surface area (TPSA) is 100 Å². The first kappa shape index (κ1) is 17.3. The number of ether oxygens (including phenoxy) is 3. The quantitative estimate of drug-likeness (QED) is 0.603. The molecule has 2 atom stereocenters. The van der Waals surface area contributed by atoms with Gasteiger partial charge in [-0.15, -0.1) is 0 Å². The predicted octanol–water partition coefficient (Wildman–Crippen LogP) is 2.81. The predicted molar refractivity (Wildman–Crippen MR) is 91.1 cm³/mol. The van der Waals surface area contributed by atoms with Crippen molar-refractivity contribution in [2.75, 3.05) is 13.3 Å². The van der Waals surface area contributed by atoms with E-state index < -0.39 is 11.2 Å². The number of benzene rings is 2. The van der Waals surface area contributed by atoms with Gasteiger partial charge in [0.2, 0.25) is 13.1 Å². The van der Waals surface area contributed by atoms with E-state index >= 15 is 0 Å². The van der Waals surface area contributed by atoms with Crippen LogP contribution in [-0.2, 0) is 9.57 Å². The van der Waals surface area contributed by atoms with Gasteiger partial charge < -0.3 is 14.2 Å². The summed E-state index contributed by atoms with van der Waals surface area (Å²) >= 11 is 0. The molecule has 0 aliphatic carbocycles. The fourth-order valence-electron chi connectivity index (χ4n) is 2.90. The molecule has 0 bridgehead atoms. The van der Waals surface area contributed by atoms with Gasteiger partial charge in [-0.05, 0) is 25.1 Å². The second kappa shape index (κ2) is 6.86. The lowest BCUT2D eigenvalue weighted by Gasteiger charge is -2.36. The second-order valence-electron chi connectivity index (χ2n) is 6.17. The zero-order valence-corrected chi connectivity index (χ0v) is 14.4. The van der Waals surface area contributed by atoms with Crippen molar-refractivity contribution in [1.82, 2.24) is 5.06 Å². The van der Waals surface area contributed by atoms with E-state index in [2.05, 4.69) is 0 Å². The fourth-order valence-corrected chi connectivity index (χ4v) is 2.90. The lowest BCUT2D eigenvalue weighted by molar-refractivity contribution is -0.385. The van der Waals surface area contributed by atoms with Crippen molar-refractivity contribution in [3.63, 3.8) is 0 Å². The van der Waals surface area contributed by atoms with Crippen molar-refractivity contribution in [3.8, 4) is 11.5 Å². The van der Waals surface area contributed by atoms with Crippen molar-refractivity contribution in [2.24, 2.45) is 0 Å². The van der Waals surface area contributed by atoms with Gasteiger partial charge in [-0.3, -0.25) is 14.9 Å². The average molecular weight is 372 g/mol. The van der Waals surface area contributed by atoms with Gasteiger partial charge in [0.25, 0.3) is 11.6 Å². The first-order valence-electron chi connectivity index (χ1n) is 8.29. The van der Waals surface area contributed by atoms with Crippen LogP contribution < -0.4 is 9.47 Å². The maximum atomic E-state index is 12.8. The Balaban J connectivity index is 1.56. The smallest absolute Gasteiger partial charge is 0.277 e. The summed E-state index contributed by atoms with van der Waals surface area (Å²) in [7, 11) is 0. The van der Waals surface area contributed by atoms with Crippen LogP contribution in [0.15, 0.2) is 42.5 Å². The van der Waals surface area contributed by atoms with Gasteiger partial charge in [0.15, 0.2) is 11.5 Å². The molecule has 1 amide bonds. The van der Waals surface area contributed by atoms with Crippen LogP contribution in [0.3, 0.4) is 0 Å². The number of amides is 1. The minimum atomic E-state index is -0.924. The molecule has 0 unspecified atom stereocenters. The molecule has 0 saturated carbocycles. The van der Waals surface area contributed by atoms with Crippen LogP contribution in [0.4, 0.5) is 5.69 Å².